The Morgan fingerprint density at radius 3 is 2.69 bits per heavy atom. The molecule has 1 atom stereocenters. The van der Waals surface area contributed by atoms with Crippen molar-refractivity contribution in [3.8, 4) is 0 Å². The van der Waals surface area contributed by atoms with Gasteiger partial charge in [0.1, 0.15) is 11.8 Å². The zero-order chi connectivity index (χ0) is 12.2. The molecule has 0 aromatic carbocycles. The summed E-state index contributed by atoms with van der Waals surface area (Å²) in [5.74, 6) is 0. The monoisotopic (exact) mass is 228 g/mol. The molecule has 0 aromatic heterocycles. The number of piperidine rings is 1. The predicted molar refractivity (Wildman–Crippen MR) is 59.8 cm³/mol. The molecule has 1 rings (SSSR count). The zero-order valence-corrected chi connectivity index (χ0v) is 10.2. The van der Waals surface area contributed by atoms with E-state index in [2.05, 4.69) is 5.32 Å². The summed E-state index contributed by atoms with van der Waals surface area (Å²) >= 11 is 0. The molecule has 5 heteroatoms. The lowest BCUT2D eigenvalue weighted by molar-refractivity contribution is -0.121. The molecule has 0 spiro atoms. The Bertz CT molecular complexity index is 260. The van der Waals surface area contributed by atoms with Gasteiger partial charge in [-0.3, -0.25) is 4.79 Å². The predicted octanol–water partition coefficient (Wildman–Crippen LogP) is 1.48. The van der Waals surface area contributed by atoms with Crippen molar-refractivity contribution in [1.29, 1.82) is 0 Å². The van der Waals surface area contributed by atoms with Gasteiger partial charge in [0.15, 0.2) is 0 Å². The summed E-state index contributed by atoms with van der Waals surface area (Å²) in [5, 5.41) is 2.71. The number of carbonyl (C=O) groups is 2. The number of nitrogens with zero attached hydrogens (tertiary/aromatic N) is 1. The Morgan fingerprint density at radius 1 is 1.44 bits per heavy atom. The summed E-state index contributed by atoms with van der Waals surface area (Å²) in [6.45, 7) is 6.13. The standard InChI is InChI=1S/C11H20N2O3/c1-11(2,3)16-10(15)12-9-6-4-5-7-13(9)8-14/h8-9H,4-7H2,1-3H3,(H,12,15). The Labute approximate surface area is 96.1 Å². The number of nitrogens with one attached hydrogen (secondary N) is 1. The van der Waals surface area contributed by atoms with Gasteiger partial charge >= 0.3 is 6.09 Å². The SMILES string of the molecule is CC(C)(C)OC(=O)NC1CCCCN1C=O. The van der Waals surface area contributed by atoms with Crippen LogP contribution < -0.4 is 5.32 Å². The summed E-state index contributed by atoms with van der Waals surface area (Å²) in [4.78, 5) is 23.9. The summed E-state index contributed by atoms with van der Waals surface area (Å²) in [5.41, 5.74) is -0.509. The fourth-order valence-corrected chi connectivity index (χ4v) is 1.68. The summed E-state index contributed by atoms with van der Waals surface area (Å²) in [7, 11) is 0. The molecule has 2 amide bonds. The molecule has 1 unspecified atom stereocenters. The highest BCUT2D eigenvalue weighted by atomic mass is 16.6. The molecule has 1 aliphatic heterocycles. The van der Waals surface area contributed by atoms with Crippen LogP contribution in [-0.2, 0) is 9.53 Å². The van der Waals surface area contributed by atoms with E-state index < -0.39 is 11.7 Å². The first-order valence-electron chi connectivity index (χ1n) is 5.63. The van der Waals surface area contributed by atoms with E-state index in [4.69, 9.17) is 4.74 Å². The molecule has 1 fully saturated rings. The van der Waals surface area contributed by atoms with E-state index in [1.165, 1.54) is 0 Å². The van der Waals surface area contributed by atoms with Gasteiger partial charge in [-0.25, -0.2) is 4.79 Å². The fraction of sp³-hybridized carbons (Fsp3) is 0.818. The molecule has 1 heterocycles. The third kappa shape index (κ3) is 4.08. The van der Waals surface area contributed by atoms with E-state index in [1.807, 2.05) is 20.8 Å². The summed E-state index contributed by atoms with van der Waals surface area (Å²) in [6, 6.07) is 0. The Balaban J connectivity index is 2.45. The first kappa shape index (κ1) is 12.8. The van der Waals surface area contributed by atoms with Gasteiger partial charge in [-0.2, -0.15) is 0 Å². The molecule has 1 N–H and O–H groups in total. The molecular weight excluding hydrogens is 208 g/mol. The number of ether oxygens (including phenoxy) is 1. The number of rotatable bonds is 2. The van der Waals surface area contributed by atoms with Crippen LogP contribution in [0, 0.1) is 0 Å². The number of amides is 2. The van der Waals surface area contributed by atoms with Crippen LogP contribution in [0.5, 0.6) is 0 Å². The van der Waals surface area contributed by atoms with E-state index in [0.29, 0.717) is 6.54 Å². The van der Waals surface area contributed by atoms with Crippen molar-refractivity contribution in [1.82, 2.24) is 10.2 Å². The second-order valence-electron chi connectivity index (χ2n) is 5.00. The maximum Gasteiger partial charge on any atom is 0.409 e. The molecular formula is C11H20N2O3. The number of alkyl carbamates (subject to hydrolysis) is 1. The highest BCUT2D eigenvalue weighted by Gasteiger charge is 2.25. The van der Waals surface area contributed by atoms with Crippen LogP contribution in [-0.4, -0.2) is 35.7 Å². The Kier molecular flexibility index (Phi) is 4.15. The van der Waals surface area contributed by atoms with Gasteiger partial charge in [0.05, 0.1) is 0 Å². The number of likely N-dealkylation sites (tertiary alicyclic amines) is 1. The van der Waals surface area contributed by atoms with Crippen LogP contribution in [0.15, 0.2) is 0 Å². The van der Waals surface area contributed by atoms with Gasteiger partial charge < -0.3 is 15.0 Å². The molecule has 1 saturated heterocycles. The van der Waals surface area contributed by atoms with Gasteiger partial charge in [-0.1, -0.05) is 0 Å². The minimum atomic E-state index is -0.509. The second-order valence-corrected chi connectivity index (χ2v) is 5.00. The second kappa shape index (κ2) is 5.18. The molecule has 0 aliphatic carbocycles. The third-order valence-corrected chi connectivity index (χ3v) is 2.36. The molecule has 0 aromatic rings. The lowest BCUT2D eigenvalue weighted by Crippen LogP contribution is -2.51. The molecule has 1 aliphatic rings. The van der Waals surface area contributed by atoms with Crippen LogP contribution in [0.2, 0.25) is 0 Å². The normalized spacial score (nSPS) is 21.4. The third-order valence-electron chi connectivity index (χ3n) is 2.36. The van der Waals surface area contributed by atoms with Crippen molar-refractivity contribution in [2.75, 3.05) is 6.54 Å². The van der Waals surface area contributed by atoms with Gasteiger partial charge in [-0.15, -0.1) is 0 Å². The maximum atomic E-state index is 11.5. The highest BCUT2D eigenvalue weighted by molar-refractivity contribution is 5.68. The van der Waals surface area contributed by atoms with Crippen molar-refractivity contribution in [3.05, 3.63) is 0 Å². The van der Waals surface area contributed by atoms with Gasteiger partial charge in [0.25, 0.3) is 0 Å². The van der Waals surface area contributed by atoms with Crippen LogP contribution >= 0.6 is 0 Å². The summed E-state index contributed by atoms with van der Waals surface area (Å²) in [6.07, 6.45) is 2.89. The molecule has 92 valence electrons. The maximum absolute atomic E-state index is 11.5. The lowest BCUT2D eigenvalue weighted by Gasteiger charge is -2.33. The number of carbonyl (C=O) groups excluding carboxylic acids is 2. The quantitative estimate of drug-likeness (QED) is 0.728. The van der Waals surface area contributed by atoms with E-state index in [0.717, 1.165) is 25.7 Å². The van der Waals surface area contributed by atoms with Gasteiger partial charge in [0, 0.05) is 6.54 Å². The first-order chi connectivity index (χ1) is 7.42. The Morgan fingerprint density at radius 2 is 2.12 bits per heavy atom. The van der Waals surface area contributed by atoms with E-state index in [1.54, 1.807) is 4.90 Å². The van der Waals surface area contributed by atoms with Crippen molar-refractivity contribution < 1.29 is 14.3 Å². The lowest BCUT2D eigenvalue weighted by atomic mass is 10.1. The average Bonchev–Trinajstić information content (AvgIpc) is 2.15. The van der Waals surface area contributed by atoms with Crippen LogP contribution in [0.3, 0.4) is 0 Å². The van der Waals surface area contributed by atoms with Crippen molar-refractivity contribution in [2.45, 2.75) is 51.8 Å². The first-order valence-corrected chi connectivity index (χ1v) is 5.63. The zero-order valence-electron chi connectivity index (χ0n) is 10.2. The van der Waals surface area contributed by atoms with Crippen molar-refractivity contribution in [2.24, 2.45) is 0 Å². The largest absolute Gasteiger partial charge is 0.444 e. The summed E-state index contributed by atoms with van der Waals surface area (Å²) < 4.78 is 5.14. The van der Waals surface area contributed by atoms with Gasteiger partial charge in [-0.05, 0) is 40.0 Å². The van der Waals surface area contributed by atoms with E-state index in [-0.39, 0.29) is 6.17 Å². The molecule has 5 nitrogen and oxygen atoms in total. The van der Waals surface area contributed by atoms with E-state index in [9.17, 15) is 9.59 Å². The van der Waals surface area contributed by atoms with Crippen LogP contribution in [0.1, 0.15) is 40.0 Å². The molecule has 0 radical (unpaired) electrons. The number of hydrogen-bond donors (Lipinski definition) is 1. The number of hydrogen-bond acceptors (Lipinski definition) is 3. The minimum absolute atomic E-state index is 0.221. The van der Waals surface area contributed by atoms with Crippen molar-refractivity contribution >= 4 is 12.5 Å². The molecule has 0 bridgehead atoms. The van der Waals surface area contributed by atoms with Crippen LogP contribution in [0.25, 0.3) is 0 Å². The minimum Gasteiger partial charge on any atom is -0.444 e. The fourth-order valence-electron chi connectivity index (χ4n) is 1.68. The topological polar surface area (TPSA) is 58.6 Å². The Hall–Kier alpha value is -1.26. The van der Waals surface area contributed by atoms with Crippen LogP contribution in [0.4, 0.5) is 4.79 Å². The highest BCUT2D eigenvalue weighted by Crippen LogP contribution is 2.14. The van der Waals surface area contributed by atoms with Gasteiger partial charge in [0.2, 0.25) is 6.41 Å². The molecule has 16 heavy (non-hydrogen) atoms. The molecule has 0 saturated carbocycles. The van der Waals surface area contributed by atoms with E-state index >= 15 is 0 Å². The van der Waals surface area contributed by atoms with Crippen molar-refractivity contribution in [3.63, 3.8) is 0 Å². The smallest absolute Gasteiger partial charge is 0.409 e. The average molecular weight is 228 g/mol.